The van der Waals surface area contributed by atoms with Crippen LogP contribution < -0.4 is 0 Å². The van der Waals surface area contributed by atoms with Crippen molar-refractivity contribution in [1.29, 1.82) is 5.26 Å². The molecule has 0 aromatic carbocycles. The Balaban J connectivity index is 2.35. The summed E-state index contributed by atoms with van der Waals surface area (Å²) in [7, 11) is 0. The minimum Gasteiger partial charge on any atom is -0.389 e. The number of likely N-dealkylation sites (tertiary alicyclic amines) is 1. The van der Waals surface area contributed by atoms with Gasteiger partial charge in [0.25, 0.3) is 0 Å². The summed E-state index contributed by atoms with van der Waals surface area (Å²) in [5, 5.41) is 17.4. The van der Waals surface area contributed by atoms with Crippen LogP contribution in [0.3, 0.4) is 0 Å². The van der Waals surface area contributed by atoms with Crippen LogP contribution in [0.25, 0.3) is 0 Å². The summed E-state index contributed by atoms with van der Waals surface area (Å²) in [6.07, 6.45) is -1.68. The van der Waals surface area contributed by atoms with E-state index in [1.807, 2.05) is 6.07 Å². The molecule has 1 fully saturated rings. The molecule has 1 aliphatic heterocycles. The van der Waals surface area contributed by atoms with Crippen LogP contribution in [0.1, 0.15) is 6.42 Å². The van der Waals surface area contributed by atoms with Crippen molar-refractivity contribution >= 4 is 0 Å². The molecule has 0 aliphatic carbocycles. The molecule has 3 nitrogen and oxygen atoms in total. The van der Waals surface area contributed by atoms with Gasteiger partial charge in [0.15, 0.2) is 0 Å². The van der Waals surface area contributed by atoms with E-state index in [0.29, 0.717) is 13.0 Å². The number of piperidine rings is 1. The maximum Gasteiger partial charge on any atom is 0.128 e. The standard InChI is InChI=1S/C7H11FN2O/c8-6-1-3-10(4-2-9)5-7(6)11/h6-7,11H,1,3-5H2. The van der Waals surface area contributed by atoms with Gasteiger partial charge in [0.1, 0.15) is 6.17 Å². The Bertz CT molecular complexity index is 168. The van der Waals surface area contributed by atoms with E-state index in [9.17, 15) is 4.39 Å². The summed E-state index contributed by atoms with van der Waals surface area (Å²) in [6, 6.07) is 1.97. The van der Waals surface area contributed by atoms with Gasteiger partial charge in [-0.15, -0.1) is 0 Å². The molecule has 0 aromatic rings. The fourth-order valence-electron chi connectivity index (χ4n) is 1.21. The van der Waals surface area contributed by atoms with Crippen molar-refractivity contribution in [2.45, 2.75) is 18.7 Å². The first-order valence-corrected chi connectivity index (χ1v) is 3.65. The Hall–Kier alpha value is -0.660. The van der Waals surface area contributed by atoms with Gasteiger partial charge in [-0.3, -0.25) is 4.90 Å². The van der Waals surface area contributed by atoms with Crippen LogP contribution >= 0.6 is 0 Å². The van der Waals surface area contributed by atoms with Crippen LogP contribution in [0.15, 0.2) is 0 Å². The van der Waals surface area contributed by atoms with Crippen molar-refractivity contribution in [1.82, 2.24) is 4.90 Å². The largest absolute Gasteiger partial charge is 0.389 e. The second kappa shape index (κ2) is 3.65. The highest BCUT2D eigenvalue weighted by atomic mass is 19.1. The van der Waals surface area contributed by atoms with Gasteiger partial charge < -0.3 is 5.11 Å². The van der Waals surface area contributed by atoms with Crippen molar-refractivity contribution < 1.29 is 9.50 Å². The molecule has 1 rings (SSSR count). The summed E-state index contributed by atoms with van der Waals surface area (Å²) in [4.78, 5) is 1.75. The summed E-state index contributed by atoms with van der Waals surface area (Å²) in [5.74, 6) is 0. The average molecular weight is 158 g/mol. The molecule has 0 radical (unpaired) electrons. The summed E-state index contributed by atoms with van der Waals surface area (Å²) in [6.45, 7) is 1.14. The van der Waals surface area contributed by atoms with Crippen LogP contribution in [0.5, 0.6) is 0 Å². The average Bonchev–Trinajstić information content (AvgIpc) is 1.98. The third-order valence-corrected chi connectivity index (χ3v) is 1.88. The van der Waals surface area contributed by atoms with Gasteiger partial charge in [-0.25, -0.2) is 4.39 Å². The number of hydrogen-bond donors (Lipinski definition) is 1. The lowest BCUT2D eigenvalue weighted by Crippen LogP contribution is -2.44. The molecule has 2 unspecified atom stereocenters. The van der Waals surface area contributed by atoms with E-state index in [4.69, 9.17) is 10.4 Å². The van der Waals surface area contributed by atoms with E-state index in [0.717, 1.165) is 0 Å². The van der Waals surface area contributed by atoms with Crippen LogP contribution in [0, 0.1) is 11.3 Å². The molecule has 1 N–H and O–H groups in total. The number of hydrogen-bond acceptors (Lipinski definition) is 3. The van der Waals surface area contributed by atoms with Crippen LogP contribution in [0.4, 0.5) is 4.39 Å². The monoisotopic (exact) mass is 158 g/mol. The molecule has 1 heterocycles. The SMILES string of the molecule is N#CCN1CCC(F)C(O)C1. The second-order valence-corrected chi connectivity index (χ2v) is 2.77. The second-order valence-electron chi connectivity index (χ2n) is 2.77. The minimum atomic E-state index is -1.11. The van der Waals surface area contributed by atoms with Crippen molar-refractivity contribution in [3.05, 3.63) is 0 Å². The molecule has 2 atom stereocenters. The minimum absolute atomic E-state index is 0.282. The Labute approximate surface area is 65.0 Å². The predicted octanol–water partition coefficient (Wildman–Crippen LogP) is -0.0853. The molecule has 62 valence electrons. The number of aliphatic hydroxyl groups is 1. The smallest absolute Gasteiger partial charge is 0.128 e. The number of aliphatic hydroxyl groups excluding tert-OH is 1. The Morgan fingerprint density at radius 2 is 2.45 bits per heavy atom. The number of rotatable bonds is 1. The lowest BCUT2D eigenvalue weighted by atomic mass is 10.1. The van der Waals surface area contributed by atoms with E-state index in [-0.39, 0.29) is 13.1 Å². The molecule has 0 aromatic heterocycles. The van der Waals surface area contributed by atoms with E-state index in [2.05, 4.69) is 0 Å². The van der Waals surface area contributed by atoms with Gasteiger partial charge in [-0.2, -0.15) is 5.26 Å². The van der Waals surface area contributed by atoms with E-state index in [1.54, 1.807) is 4.90 Å². The molecule has 4 heteroatoms. The molecule has 0 bridgehead atoms. The molecule has 11 heavy (non-hydrogen) atoms. The zero-order chi connectivity index (χ0) is 8.27. The first kappa shape index (κ1) is 8.44. The number of halogens is 1. The Morgan fingerprint density at radius 3 is 3.00 bits per heavy atom. The highest BCUT2D eigenvalue weighted by Gasteiger charge is 2.26. The number of β-amino-alcohol motifs (C(OH)–C–C–N with tert-alkyl or cyclic N) is 1. The van der Waals surface area contributed by atoms with Crippen LogP contribution in [0.2, 0.25) is 0 Å². The van der Waals surface area contributed by atoms with Gasteiger partial charge in [-0.1, -0.05) is 0 Å². The molecule has 1 saturated heterocycles. The fourth-order valence-corrected chi connectivity index (χ4v) is 1.21. The Morgan fingerprint density at radius 1 is 1.73 bits per heavy atom. The first-order valence-electron chi connectivity index (χ1n) is 3.65. The quantitative estimate of drug-likeness (QED) is 0.543. The highest BCUT2D eigenvalue weighted by molar-refractivity contribution is 4.84. The van der Waals surface area contributed by atoms with E-state index in [1.165, 1.54) is 0 Å². The Kier molecular flexibility index (Phi) is 2.80. The third-order valence-electron chi connectivity index (χ3n) is 1.88. The molecule has 0 amide bonds. The third kappa shape index (κ3) is 2.14. The van der Waals surface area contributed by atoms with E-state index >= 15 is 0 Å². The highest BCUT2D eigenvalue weighted by Crippen LogP contribution is 2.13. The van der Waals surface area contributed by atoms with Crippen molar-refractivity contribution in [3.8, 4) is 6.07 Å². The fraction of sp³-hybridized carbons (Fsp3) is 0.857. The zero-order valence-electron chi connectivity index (χ0n) is 6.20. The molecule has 0 spiro atoms. The lowest BCUT2D eigenvalue weighted by molar-refractivity contribution is 0.00820. The number of nitrogens with zero attached hydrogens (tertiary/aromatic N) is 2. The van der Waals surface area contributed by atoms with Gasteiger partial charge in [0.05, 0.1) is 18.7 Å². The molecular weight excluding hydrogens is 147 g/mol. The van der Waals surface area contributed by atoms with Gasteiger partial charge in [0.2, 0.25) is 0 Å². The summed E-state index contributed by atoms with van der Waals surface area (Å²) in [5.41, 5.74) is 0. The normalized spacial score (nSPS) is 33.2. The zero-order valence-corrected chi connectivity index (χ0v) is 6.20. The summed E-state index contributed by atoms with van der Waals surface area (Å²) < 4.78 is 12.6. The molecular formula is C7H11FN2O. The topological polar surface area (TPSA) is 47.3 Å². The van der Waals surface area contributed by atoms with Crippen LogP contribution in [-0.4, -0.2) is 41.9 Å². The maximum absolute atomic E-state index is 12.6. The van der Waals surface area contributed by atoms with Gasteiger partial charge in [-0.05, 0) is 6.42 Å². The van der Waals surface area contributed by atoms with Crippen molar-refractivity contribution in [2.24, 2.45) is 0 Å². The summed E-state index contributed by atoms with van der Waals surface area (Å²) >= 11 is 0. The van der Waals surface area contributed by atoms with Crippen molar-refractivity contribution in [2.75, 3.05) is 19.6 Å². The van der Waals surface area contributed by atoms with Crippen LogP contribution in [-0.2, 0) is 0 Å². The molecule has 0 saturated carbocycles. The number of nitriles is 1. The van der Waals surface area contributed by atoms with E-state index < -0.39 is 12.3 Å². The molecule has 1 aliphatic rings. The maximum atomic E-state index is 12.6. The first-order chi connectivity index (χ1) is 5.24. The van der Waals surface area contributed by atoms with Crippen molar-refractivity contribution in [3.63, 3.8) is 0 Å². The van der Waals surface area contributed by atoms with Gasteiger partial charge >= 0.3 is 0 Å². The predicted molar refractivity (Wildman–Crippen MR) is 37.6 cm³/mol. The van der Waals surface area contributed by atoms with Gasteiger partial charge in [0, 0.05) is 13.1 Å². The number of alkyl halides is 1. The lowest BCUT2D eigenvalue weighted by Gasteiger charge is -2.30.